The maximum atomic E-state index is 8.96. The average Bonchev–Trinajstić information content (AvgIpc) is 3.04. The minimum Gasteiger partial charge on any atom is -0.395 e. The Morgan fingerprint density at radius 2 is 2.27 bits per heavy atom. The predicted molar refractivity (Wildman–Crippen MR) is 59.2 cm³/mol. The van der Waals surface area contributed by atoms with Gasteiger partial charge in [0, 0.05) is 25.3 Å². The summed E-state index contributed by atoms with van der Waals surface area (Å²) < 4.78 is 0. The highest BCUT2D eigenvalue weighted by molar-refractivity contribution is 5.29. The third kappa shape index (κ3) is 2.91. The Hall–Kier alpha value is -1.13. The zero-order chi connectivity index (χ0) is 10.7. The van der Waals surface area contributed by atoms with Crippen molar-refractivity contribution in [3.63, 3.8) is 0 Å². The van der Waals surface area contributed by atoms with E-state index in [1.807, 2.05) is 18.3 Å². The number of aliphatic hydroxyl groups excluding tert-OH is 1. The van der Waals surface area contributed by atoms with E-state index in [1.54, 1.807) is 0 Å². The van der Waals surface area contributed by atoms with Crippen molar-refractivity contribution in [1.29, 1.82) is 0 Å². The summed E-state index contributed by atoms with van der Waals surface area (Å²) in [5.74, 6) is 0.555. The number of hydrogen-bond acceptors (Lipinski definition) is 4. The van der Waals surface area contributed by atoms with Gasteiger partial charge in [-0.1, -0.05) is 6.07 Å². The number of anilines is 1. The highest BCUT2D eigenvalue weighted by atomic mass is 16.3. The van der Waals surface area contributed by atoms with Gasteiger partial charge >= 0.3 is 0 Å². The fraction of sp³-hybridized carbons (Fsp3) is 0.545. The molecule has 0 amide bonds. The highest BCUT2D eigenvalue weighted by Gasteiger charge is 2.28. The van der Waals surface area contributed by atoms with Crippen LogP contribution in [0.25, 0.3) is 0 Å². The Kier molecular flexibility index (Phi) is 3.18. The van der Waals surface area contributed by atoms with E-state index in [2.05, 4.69) is 9.88 Å². The lowest BCUT2D eigenvalue weighted by Gasteiger charge is -2.20. The molecule has 1 aromatic heterocycles. The lowest BCUT2D eigenvalue weighted by molar-refractivity contribution is 0.183. The van der Waals surface area contributed by atoms with Crippen molar-refractivity contribution in [2.45, 2.75) is 25.4 Å². The van der Waals surface area contributed by atoms with Crippen LogP contribution in [0.15, 0.2) is 18.3 Å². The third-order valence-electron chi connectivity index (χ3n) is 2.68. The largest absolute Gasteiger partial charge is 0.395 e. The number of nitrogen functional groups attached to an aromatic ring is 1. The van der Waals surface area contributed by atoms with Crippen LogP contribution in [0.1, 0.15) is 18.4 Å². The fourth-order valence-electron chi connectivity index (χ4n) is 1.72. The van der Waals surface area contributed by atoms with Gasteiger partial charge in [0.1, 0.15) is 5.82 Å². The SMILES string of the molecule is Nc1ccc(CN(CCO)C2CC2)cn1. The van der Waals surface area contributed by atoms with E-state index >= 15 is 0 Å². The molecule has 2 rings (SSSR count). The molecule has 0 radical (unpaired) electrons. The average molecular weight is 207 g/mol. The molecule has 82 valence electrons. The van der Waals surface area contributed by atoms with E-state index in [9.17, 15) is 0 Å². The molecule has 1 aromatic rings. The van der Waals surface area contributed by atoms with Gasteiger partial charge in [-0.2, -0.15) is 0 Å². The Bertz CT molecular complexity index is 308. The molecule has 3 N–H and O–H groups in total. The molecule has 1 fully saturated rings. The zero-order valence-electron chi connectivity index (χ0n) is 8.76. The quantitative estimate of drug-likeness (QED) is 0.743. The second-order valence-corrected chi connectivity index (χ2v) is 4.02. The van der Waals surface area contributed by atoms with Crippen LogP contribution < -0.4 is 5.73 Å². The first-order chi connectivity index (χ1) is 7.29. The van der Waals surface area contributed by atoms with Gasteiger partial charge in [-0.15, -0.1) is 0 Å². The van der Waals surface area contributed by atoms with E-state index in [1.165, 1.54) is 12.8 Å². The number of nitrogens with zero attached hydrogens (tertiary/aromatic N) is 2. The van der Waals surface area contributed by atoms with E-state index in [4.69, 9.17) is 10.8 Å². The molecule has 4 heteroatoms. The monoisotopic (exact) mass is 207 g/mol. The number of nitrogens with two attached hydrogens (primary N) is 1. The van der Waals surface area contributed by atoms with Crippen LogP contribution in [0.4, 0.5) is 5.82 Å². The van der Waals surface area contributed by atoms with Gasteiger partial charge in [0.15, 0.2) is 0 Å². The Morgan fingerprint density at radius 1 is 1.47 bits per heavy atom. The third-order valence-corrected chi connectivity index (χ3v) is 2.68. The van der Waals surface area contributed by atoms with Crippen LogP contribution in [0.3, 0.4) is 0 Å². The molecule has 0 atom stereocenters. The zero-order valence-corrected chi connectivity index (χ0v) is 8.76. The number of pyridine rings is 1. The molecular weight excluding hydrogens is 190 g/mol. The second kappa shape index (κ2) is 4.59. The first-order valence-electron chi connectivity index (χ1n) is 5.35. The van der Waals surface area contributed by atoms with Gasteiger partial charge in [-0.3, -0.25) is 4.90 Å². The molecule has 4 nitrogen and oxygen atoms in total. The molecule has 1 heterocycles. The molecule has 0 unspecified atom stereocenters. The molecule has 15 heavy (non-hydrogen) atoms. The molecular formula is C11H17N3O. The van der Waals surface area contributed by atoms with Crippen molar-refractivity contribution in [2.24, 2.45) is 0 Å². The van der Waals surface area contributed by atoms with Gasteiger partial charge in [-0.05, 0) is 24.5 Å². The fourth-order valence-corrected chi connectivity index (χ4v) is 1.72. The molecule has 1 aliphatic carbocycles. The molecule has 0 bridgehead atoms. The second-order valence-electron chi connectivity index (χ2n) is 4.02. The van der Waals surface area contributed by atoms with Crippen molar-refractivity contribution < 1.29 is 5.11 Å². The number of rotatable bonds is 5. The minimum absolute atomic E-state index is 0.221. The summed E-state index contributed by atoms with van der Waals surface area (Å²) >= 11 is 0. The van der Waals surface area contributed by atoms with Crippen LogP contribution in [0, 0.1) is 0 Å². The molecule has 0 saturated heterocycles. The summed E-state index contributed by atoms with van der Waals surface area (Å²) in [7, 11) is 0. The smallest absolute Gasteiger partial charge is 0.123 e. The van der Waals surface area contributed by atoms with Gasteiger partial charge in [0.05, 0.1) is 6.61 Å². The van der Waals surface area contributed by atoms with Crippen molar-refractivity contribution >= 4 is 5.82 Å². The van der Waals surface area contributed by atoms with Gasteiger partial charge in [-0.25, -0.2) is 4.98 Å². The summed E-state index contributed by atoms with van der Waals surface area (Å²) in [5, 5.41) is 8.96. The first kappa shape index (κ1) is 10.4. The van der Waals surface area contributed by atoms with Crippen LogP contribution in [-0.2, 0) is 6.54 Å². The van der Waals surface area contributed by atoms with Gasteiger partial charge in [0.25, 0.3) is 0 Å². The van der Waals surface area contributed by atoms with Crippen LogP contribution in [-0.4, -0.2) is 34.2 Å². The molecule has 1 saturated carbocycles. The summed E-state index contributed by atoms with van der Waals surface area (Å²) in [4.78, 5) is 6.36. The molecule has 0 aromatic carbocycles. The number of hydrogen-bond donors (Lipinski definition) is 2. The highest BCUT2D eigenvalue weighted by Crippen LogP contribution is 2.27. The van der Waals surface area contributed by atoms with Crippen LogP contribution in [0.5, 0.6) is 0 Å². The van der Waals surface area contributed by atoms with Crippen molar-refractivity contribution in [3.8, 4) is 0 Å². The molecule has 1 aliphatic rings. The minimum atomic E-state index is 0.221. The van der Waals surface area contributed by atoms with Crippen LogP contribution in [0.2, 0.25) is 0 Å². The topological polar surface area (TPSA) is 62.4 Å². The van der Waals surface area contributed by atoms with Crippen molar-refractivity contribution in [2.75, 3.05) is 18.9 Å². The summed E-state index contributed by atoms with van der Waals surface area (Å²) in [6.45, 7) is 1.83. The summed E-state index contributed by atoms with van der Waals surface area (Å²) in [6.07, 6.45) is 4.31. The van der Waals surface area contributed by atoms with E-state index < -0.39 is 0 Å². The Labute approximate surface area is 89.7 Å². The molecule has 0 aliphatic heterocycles. The predicted octanol–water partition coefficient (Wildman–Crippen LogP) is 0.620. The van der Waals surface area contributed by atoms with E-state index in [-0.39, 0.29) is 6.61 Å². The number of aliphatic hydroxyl groups is 1. The van der Waals surface area contributed by atoms with Crippen molar-refractivity contribution in [1.82, 2.24) is 9.88 Å². The van der Waals surface area contributed by atoms with E-state index in [0.717, 1.165) is 18.7 Å². The lowest BCUT2D eigenvalue weighted by Crippen LogP contribution is -2.28. The number of aromatic nitrogens is 1. The normalized spacial score (nSPS) is 15.9. The molecule has 0 spiro atoms. The lowest BCUT2D eigenvalue weighted by atomic mass is 10.2. The van der Waals surface area contributed by atoms with Gasteiger partial charge < -0.3 is 10.8 Å². The summed E-state index contributed by atoms with van der Waals surface area (Å²) in [5.41, 5.74) is 6.68. The van der Waals surface area contributed by atoms with Gasteiger partial charge in [0.2, 0.25) is 0 Å². The Morgan fingerprint density at radius 3 is 2.80 bits per heavy atom. The summed E-state index contributed by atoms with van der Waals surface area (Å²) in [6, 6.07) is 4.48. The maximum Gasteiger partial charge on any atom is 0.123 e. The van der Waals surface area contributed by atoms with Crippen molar-refractivity contribution in [3.05, 3.63) is 23.9 Å². The first-order valence-corrected chi connectivity index (χ1v) is 5.35. The maximum absolute atomic E-state index is 8.96. The Balaban J connectivity index is 1.95. The van der Waals surface area contributed by atoms with Crippen LogP contribution >= 0.6 is 0 Å². The standard InChI is InChI=1S/C11H17N3O/c12-11-4-1-9(7-13-11)8-14(5-6-15)10-2-3-10/h1,4,7,10,15H,2-3,5-6,8H2,(H2,12,13). The van der Waals surface area contributed by atoms with E-state index in [0.29, 0.717) is 11.9 Å².